The minimum Gasteiger partial charge on any atom is -0.444 e. The maximum atomic E-state index is 12.3. The Balaban J connectivity index is 1.41. The lowest BCUT2D eigenvalue weighted by Crippen LogP contribution is -2.42. The van der Waals surface area contributed by atoms with Gasteiger partial charge >= 0.3 is 6.09 Å². The SMILES string of the molecule is CC(C)(C)OC(=O)N1CCC(Cn2cnc(C(O)(Cc3ccccc3)C3CCCCC3)n2)CC1. The highest BCUT2D eigenvalue weighted by Gasteiger charge is 2.42. The van der Waals surface area contributed by atoms with E-state index in [9.17, 15) is 9.90 Å². The topological polar surface area (TPSA) is 80.5 Å². The molecule has 1 N–H and O–H groups in total. The maximum Gasteiger partial charge on any atom is 0.410 e. The molecule has 1 aliphatic heterocycles. The van der Waals surface area contributed by atoms with Gasteiger partial charge in [0.1, 0.15) is 17.5 Å². The molecule has 1 saturated heterocycles. The summed E-state index contributed by atoms with van der Waals surface area (Å²) in [5, 5.41) is 16.8. The van der Waals surface area contributed by atoms with Gasteiger partial charge in [-0.1, -0.05) is 49.6 Å². The lowest BCUT2D eigenvalue weighted by Gasteiger charge is -2.36. The van der Waals surface area contributed by atoms with Gasteiger partial charge < -0.3 is 14.7 Å². The Bertz CT molecular complexity index is 925. The van der Waals surface area contributed by atoms with Crippen LogP contribution in [0.5, 0.6) is 0 Å². The van der Waals surface area contributed by atoms with Gasteiger partial charge in [-0.3, -0.25) is 4.68 Å². The van der Waals surface area contributed by atoms with E-state index in [1.54, 1.807) is 11.2 Å². The zero-order valence-corrected chi connectivity index (χ0v) is 20.9. The molecule has 7 nitrogen and oxygen atoms in total. The van der Waals surface area contributed by atoms with Crippen LogP contribution in [0.15, 0.2) is 36.7 Å². The normalized spacial score (nSPS) is 20.2. The Labute approximate surface area is 203 Å². The smallest absolute Gasteiger partial charge is 0.410 e. The molecule has 1 aromatic carbocycles. The van der Waals surface area contributed by atoms with Crippen LogP contribution in [0.25, 0.3) is 0 Å². The number of piperidine rings is 1. The second-order valence-electron chi connectivity index (χ2n) is 11.1. The molecule has 186 valence electrons. The molecule has 0 spiro atoms. The highest BCUT2D eigenvalue weighted by molar-refractivity contribution is 5.68. The van der Waals surface area contributed by atoms with E-state index in [1.165, 1.54) is 6.42 Å². The van der Waals surface area contributed by atoms with Crippen LogP contribution in [0.2, 0.25) is 0 Å². The van der Waals surface area contributed by atoms with Crippen molar-refractivity contribution in [2.24, 2.45) is 11.8 Å². The van der Waals surface area contributed by atoms with Crippen LogP contribution < -0.4 is 0 Å². The fourth-order valence-electron chi connectivity index (χ4n) is 5.36. The minimum atomic E-state index is -1.05. The Hall–Kier alpha value is -2.41. The van der Waals surface area contributed by atoms with E-state index in [0.29, 0.717) is 31.3 Å². The van der Waals surface area contributed by atoms with E-state index in [-0.39, 0.29) is 12.0 Å². The summed E-state index contributed by atoms with van der Waals surface area (Å²) in [5.74, 6) is 1.15. The van der Waals surface area contributed by atoms with Gasteiger partial charge in [-0.05, 0) is 63.9 Å². The predicted octanol–water partition coefficient (Wildman–Crippen LogP) is 4.94. The van der Waals surface area contributed by atoms with Crippen LogP contribution in [-0.2, 0) is 23.3 Å². The average Bonchev–Trinajstić information content (AvgIpc) is 3.29. The van der Waals surface area contributed by atoms with Crippen molar-refractivity contribution in [2.45, 2.75) is 89.9 Å². The quantitative estimate of drug-likeness (QED) is 0.650. The fourth-order valence-corrected chi connectivity index (χ4v) is 5.36. The van der Waals surface area contributed by atoms with Gasteiger partial charge in [-0.15, -0.1) is 0 Å². The zero-order chi connectivity index (χ0) is 24.2. The van der Waals surface area contributed by atoms with Crippen molar-refractivity contribution in [3.63, 3.8) is 0 Å². The minimum absolute atomic E-state index is 0.175. The van der Waals surface area contributed by atoms with Gasteiger partial charge in [0.25, 0.3) is 0 Å². The number of hydrogen-bond donors (Lipinski definition) is 1. The number of carbonyl (C=O) groups excluding carboxylic acids is 1. The number of ether oxygens (including phenoxy) is 1. The summed E-state index contributed by atoms with van der Waals surface area (Å²) >= 11 is 0. The number of aliphatic hydroxyl groups is 1. The first-order valence-corrected chi connectivity index (χ1v) is 12.9. The summed E-state index contributed by atoms with van der Waals surface area (Å²) in [7, 11) is 0. The molecule has 1 amide bonds. The largest absolute Gasteiger partial charge is 0.444 e. The van der Waals surface area contributed by atoms with Crippen molar-refractivity contribution in [1.29, 1.82) is 0 Å². The second kappa shape index (κ2) is 10.5. The average molecular weight is 469 g/mol. The number of benzene rings is 1. The first-order chi connectivity index (χ1) is 16.2. The van der Waals surface area contributed by atoms with Gasteiger partial charge in [-0.25, -0.2) is 9.78 Å². The Kier molecular flexibility index (Phi) is 7.60. The number of carbonyl (C=O) groups is 1. The molecule has 4 rings (SSSR count). The van der Waals surface area contributed by atoms with Crippen molar-refractivity contribution >= 4 is 6.09 Å². The molecule has 1 aromatic heterocycles. The third-order valence-corrected chi connectivity index (χ3v) is 7.23. The molecule has 1 atom stereocenters. The number of likely N-dealkylation sites (tertiary alicyclic amines) is 1. The van der Waals surface area contributed by atoms with Crippen LogP contribution >= 0.6 is 0 Å². The molecule has 2 aliphatic rings. The summed E-state index contributed by atoms with van der Waals surface area (Å²) < 4.78 is 7.40. The number of hydrogen-bond acceptors (Lipinski definition) is 5. The molecular formula is C27H40N4O3. The third-order valence-electron chi connectivity index (χ3n) is 7.23. The van der Waals surface area contributed by atoms with E-state index < -0.39 is 11.2 Å². The third kappa shape index (κ3) is 6.17. The summed E-state index contributed by atoms with van der Waals surface area (Å²) in [5.41, 5.74) is -0.408. The van der Waals surface area contributed by atoms with E-state index in [0.717, 1.165) is 50.6 Å². The molecule has 34 heavy (non-hydrogen) atoms. The maximum absolute atomic E-state index is 12.3. The molecule has 2 heterocycles. The molecular weight excluding hydrogens is 428 g/mol. The Morgan fingerprint density at radius 2 is 1.74 bits per heavy atom. The van der Waals surface area contributed by atoms with Gasteiger partial charge in [0.15, 0.2) is 5.82 Å². The molecule has 1 saturated carbocycles. The first-order valence-electron chi connectivity index (χ1n) is 12.9. The van der Waals surface area contributed by atoms with Crippen molar-refractivity contribution in [2.75, 3.05) is 13.1 Å². The van der Waals surface area contributed by atoms with E-state index in [2.05, 4.69) is 17.1 Å². The predicted molar refractivity (Wildman–Crippen MR) is 131 cm³/mol. The van der Waals surface area contributed by atoms with Crippen LogP contribution in [-0.4, -0.2) is 49.6 Å². The zero-order valence-electron chi connectivity index (χ0n) is 20.9. The van der Waals surface area contributed by atoms with Gasteiger partial charge in [-0.2, -0.15) is 5.10 Å². The summed E-state index contributed by atoms with van der Waals surface area (Å²) in [6, 6.07) is 10.2. The highest BCUT2D eigenvalue weighted by Crippen LogP contribution is 2.40. The molecule has 0 bridgehead atoms. The van der Waals surface area contributed by atoms with E-state index >= 15 is 0 Å². The summed E-state index contributed by atoms with van der Waals surface area (Å²) in [4.78, 5) is 18.8. The molecule has 7 heteroatoms. The highest BCUT2D eigenvalue weighted by atomic mass is 16.6. The van der Waals surface area contributed by atoms with Crippen LogP contribution in [0.1, 0.15) is 77.1 Å². The van der Waals surface area contributed by atoms with Gasteiger partial charge in [0.2, 0.25) is 0 Å². The lowest BCUT2D eigenvalue weighted by atomic mass is 9.73. The number of rotatable bonds is 6. The molecule has 0 radical (unpaired) electrons. The molecule has 1 aliphatic carbocycles. The van der Waals surface area contributed by atoms with Crippen LogP contribution in [0, 0.1) is 11.8 Å². The Morgan fingerprint density at radius 1 is 1.06 bits per heavy atom. The summed E-state index contributed by atoms with van der Waals surface area (Å²) in [6.45, 7) is 7.83. The molecule has 2 fully saturated rings. The second-order valence-corrected chi connectivity index (χ2v) is 11.1. The van der Waals surface area contributed by atoms with Crippen molar-refractivity contribution < 1.29 is 14.6 Å². The Morgan fingerprint density at radius 3 is 2.38 bits per heavy atom. The van der Waals surface area contributed by atoms with Crippen LogP contribution in [0.4, 0.5) is 4.79 Å². The summed E-state index contributed by atoms with van der Waals surface area (Å²) in [6.07, 6.45) is 9.47. The number of aromatic nitrogens is 3. The fraction of sp³-hybridized carbons (Fsp3) is 0.667. The number of nitrogens with zero attached hydrogens (tertiary/aromatic N) is 4. The standard InChI is InChI=1S/C27H40N4O3/c1-26(2,3)34-25(32)30-16-14-22(15-17-30)19-31-20-28-24(29-31)27(33,23-12-8-5-9-13-23)18-21-10-6-4-7-11-21/h4,6-7,10-11,20,22-23,33H,5,8-9,12-19H2,1-3H3. The first kappa shape index (κ1) is 24.7. The van der Waals surface area contributed by atoms with Crippen molar-refractivity contribution in [3.8, 4) is 0 Å². The molecule has 1 unspecified atom stereocenters. The monoisotopic (exact) mass is 468 g/mol. The van der Waals surface area contributed by atoms with Crippen molar-refractivity contribution in [3.05, 3.63) is 48.0 Å². The van der Waals surface area contributed by atoms with E-state index in [1.807, 2.05) is 43.7 Å². The molecule has 2 aromatic rings. The number of amides is 1. The van der Waals surface area contributed by atoms with E-state index in [4.69, 9.17) is 9.84 Å². The van der Waals surface area contributed by atoms with Gasteiger partial charge in [0, 0.05) is 26.1 Å². The van der Waals surface area contributed by atoms with Crippen molar-refractivity contribution in [1.82, 2.24) is 19.7 Å². The van der Waals surface area contributed by atoms with Crippen LogP contribution in [0.3, 0.4) is 0 Å². The lowest BCUT2D eigenvalue weighted by molar-refractivity contribution is -0.0463. The van der Waals surface area contributed by atoms with Gasteiger partial charge in [0.05, 0.1) is 0 Å².